The van der Waals surface area contributed by atoms with E-state index in [0.717, 1.165) is 13.8 Å². The fourth-order valence-electron chi connectivity index (χ4n) is 1.21. The fourth-order valence-corrected chi connectivity index (χ4v) is 1.21. The van der Waals surface area contributed by atoms with Crippen LogP contribution in [0.25, 0.3) is 0 Å². The zero-order valence-electron chi connectivity index (χ0n) is 10.8. The molecule has 0 aliphatic heterocycles. The van der Waals surface area contributed by atoms with Crippen LogP contribution in [0.4, 0.5) is 0 Å². The number of carbonyl (C=O) groups is 4. The lowest BCUT2D eigenvalue weighted by Crippen LogP contribution is -2.17. The number of rotatable bonds is 2. The van der Waals surface area contributed by atoms with E-state index in [0.29, 0.717) is 0 Å². The SMILES string of the molecule is CC(=O)OC(=O)c1ccccc1C(=O)OC(C)=O.[CH3]. The van der Waals surface area contributed by atoms with Gasteiger partial charge in [0.1, 0.15) is 0 Å². The molecule has 1 rings (SSSR count). The first-order valence-corrected chi connectivity index (χ1v) is 4.96. The van der Waals surface area contributed by atoms with Gasteiger partial charge in [-0.1, -0.05) is 19.6 Å². The summed E-state index contributed by atoms with van der Waals surface area (Å²) in [4.78, 5) is 44.4. The van der Waals surface area contributed by atoms with E-state index in [2.05, 4.69) is 9.47 Å². The summed E-state index contributed by atoms with van der Waals surface area (Å²) in [5.74, 6) is -3.54. The Labute approximate surface area is 110 Å². The van der Waals surface area contributed by atoms with E-state index < -0.39 is 23.9 Å². The lowest BCUT2D eigenvalue weighted by Gasteiger charge is -2.06. The van der Waals surface area contributed by atoms with Crippen molar-refractivity contribution < 1.29 is 28.7 Å². The van der Waals surface area contributed by atoms with Crippen LogP contribution in [0.15, 0.2) is 24.3 Å². The Kier molecular flexibility index (Phi) is 6.12. The number of benzene rings is 1. The van der Waals surface area contributed by atoms with E-state index in [9.17, 15) is 19.2 Å². The van der Waals surface area contributed by atoms with Crippen LogP contribution in [0.5, 0.6) is 0 Å². The molecule has 1 radical (unpaired) electrons. The van der Waals surface area contributed by atoms with E-state index in [-0.39, 0.29) is 18.6 Å². The van der Waals surface area contributed by atoms with Crippen LogP contribution in [0.2, 0.25) is 0 Å². The van der Waals surface area contributed by atoms with Crippen LogP contribution in [-0.2, 0) is 19.1 Å². The first-order valence-electron chi connectivity index (χ1n) is 4.96. The Hall–Kier alpha value is -2.50. The number of ether oxygens (including phenoxy) is 2. The quantitative estimate of drug-likeness (QED) is 0.595. The molecule has 0 unspecified atom stereocenters. The molecule has 1 aromatic rings. The summed E-state index contributed by atoms with van der Waals surface area (Å²) in [6.07, 6.45) is 0. The van der Waals surface area contributed by atoms with Gasteiger partial charge in [-0.05, 0) is 12.1 Å². The molecule has 0 saturated heterocycles. The van der Waals surface area contributed by atoms with E-state index >= 15 is 0 Å². The Balaban J connectivity index is 0.00000324. The minimum absolute atomic E-state index is 0. The highest BCUT2D eigenvalue weighted by Crippen LogP contribution is 2.12. The van der Waals surface area contributed by atoms with Gasteiger partial charge in [-0.2, -0.15) is 0 Å². The predicted octanol–water partition coefficient (Wildman–Crippen LogP) is 1.54. The van der Waals surface area contributed by atoms with Gasteiger partial charge in [-0.15, -0.1) is 0 Å². The standard InChI is InChI=1S/C12H10O6.CH3/c1-7(13)17-11(15)9-5-3-4-6-10(9)12(16)18-8(2)14;/h3-6H,1-2H3;1H3. The van der Waals surface area contributed by atoms with Crippen LogP contribution in [-0.4, -0.2) is 23.9 Å². The third kappa shape index (κ3) is 4.71. The van der Waals surface area contributed by atoms with E-state index in [1.165, 1.54) is 24.3 Å². The van der Waals surface area contributed by atoms with Crippen LogP contribution in [0.1, 0.15) is 34.6 Å². The van der Waals surface area contributed by atoms with Gasteiger partial charge in [0, 0.05) is 13.8 Å². The smallest absolute Gasteiger partial charge is 0.346 e. The van der Waals surface area contributed by atoms with Gasteiger partial charge in [0.15, 0.2) is 0 Å². The molecule has 6 nitrogen and oxygen atoms in total. The highest BCUT2D eigenvalue weighted by molar-refractivity contribution is 6.07. The second-order valence-corrected chi connectivity index (χ2v) is 3.31. The van der Waals surface area contributed by atoms with Gasteiger partial charge in [0.2, 0.25) is 0 Å². The second-order valence-electron chi connectivity index (χ2n) is 3.31. The van der Waals surface area contributed by atoms with Crippen LogP contribution >= 0.6 is 0 Å². The zero-order valence-corrected chi connectivity index (χ0v) is 10.8. The van der Waals surface area contributed by atoms with E-state index in [4.69, 9.17) is 0 Å². The molecule has 0 fully saturated rings. The van der Waals surface area contributed by atoms with Gasteiger partial charge in [-0.25, -0.2) is 9.59 Å². The molecule has 0 heterocycles. The fraction of sp³-hybridized carbons (Fsp3) is 0.154. The van der Waals surface area contributed by atoms with Crippen molar-refractivity contribution in [2.75, 3.05) is 0 Å². The lowest BCUT2D eigenvalue weighted by molar-refractivity contribution is -0.136. The topological polar surface area (TPSA) is 86.7 Å². The molecule has 101 valence electrons. The van der Waals surface area contributed by atoms with Crippen molar-refractivity contribution in [3.8, 4) is 0 Å². The largest absolute Gasteiger partial charge is 0.390 e. The Morgan fingerprint density at radius 1 is 0.789 bits per heavy atom. The van der Waals surface area contributed by atoms with Gasteiger partial charge in [0.25, 0.3) is 0 Å². The Bertz CT molecular complexity index is 471. The number of carbonyl (C=O) groups excluding carboxylic acids is 4. The summed E-state index contributed by atoms with van der Waals surface area (Å²) >= 11 is 0. The van der Waals surface area contributed by atoms with Crippen molar-refractivity contribution in [2.45, 2.75) is 13.8 Å². The highest BCUT2D eigenvalue weighted by Gasteiger charge is 2.20. The molecule has 0 spiro atoms. The third-order valence-corrected chi connectivity index (χ3v) is 1.84. The molecule has 0 atom stereocenters. The summed E-state index contributed by atoms with van der Waals surface area (Å²) < 4.78 is 8.72. The van der Waals surface area contributed by atoms with Crippen LogP contribution in [0.3, 0.4) is 0 Å². The van der Waals surface area contributed by atoms with Crippen molar-refractivity contribution in [1.82, 2.24) is 0 Å². The lowest BCUT2D eigenvalue weighted by atomic mass is 10.1. The molecule has 0 aliphatic rings. The zero-order chi connectivity index (χ0) is 13.7. The van der Waals surface area contributed by atoms with Gasteiger partial charge in [-0.3, -0.25) is 9.59 Å². The van der Waals surface area contributed by atoms with Crippen molar-refractivity contribution >= 4 is 23.9 Å². The minimum Gasteiger partial charge on any atom is -0.390 e. The molecule has 0 aromatic heterocycles. The molecular formula is C13H13O6. The maximum atomic E-state index is 11.5. The monoisotopic (exact) mass is 265 g/mol. The normalized spacial score (nSPS) is 8.95. The van der Waals surface area contributed by atoms with Crippen molar-refractivity contribution in [2.24, 2.45) is 0 Å². The van der Waals surface area contributed by atoms with Gasteiger partial charge in [0.05, 0.1) is 11.1 Å². The van der Waals surface area contributed by atoms with E-state index in [1.807, 2.05) is 0 Å². The third-order valence-electron chi connectivity index (χ3n) is 1.84. The number of hydrogen-bond acceptors (Lipinski definition) is 6. The maximum Gasteiger partial charge on any atom is 0.346 e. The van der Waals surface area contributed by atoms with Crippen molar-refractivity contribution in [3.05, 3.63) is 42.8 Å². The summed E-state index contributed by atoms with van der Waals surface area (Å²) in [7, 11) is 0. The number of esters is 4. The number of hydrogen-bond donors (Lipinski definition) is 0. The highest BCUT2D eigenvalue weighted by atomic mass is 16.6. The first kappa shape index (κ1) is 16.5. The first-order chi connectivity index (χ1) is 8.41. The summed E-state index contributed by atoms with van der Waals surface area (Å²) in [6, 6.07) is 5.56. The van der Waals surface area contributed by atoms with Gasteiger partial charge >= 0.3 is 23.9 Å². The van der Waals surface area contributed by atoms with Gasteiger partial charge < -0.3 is 9.47 Å². The second kappa shape index (κ2) is 7.05. The summed E-state index contributed by atoms with van der Waals surface area (Å²) in [5.41, 5.74) is -0.280. The predicted molar refractivity (Wildman–Crippen MR) is 65.0 cm³/mol. The molecule has 0 amide bonds. The molecule has 0 N–H and O–H groups in total. The van der Waals surface area contributed by atoms with Crippen molar-refractivity contribution in [3.63, 3.8) is 0 Å². The summed E-state index contributed by atoms with van der Waals surface area (Å²) in [5, 5.41) is 0. The molecule has 0 bridgehead atoms. The Morgan fingerprint density at radius 2 is 1.11 bits per heavy atom. The van der Waals surface area contributed by atoms with Crippen LogP contribution in [0, 0.1) is 7.43 Å². The molecule has 0 saturated carbocycles. The maximum absolute atomic E-state index is 11.5. The molecular weight excluding hydrogens is 252 g/mol. The average Bonchev–Trinajstić information content (AvgIpc) is 2.27. The minimum atomic E-state index is -0.974. The molecule has 19 heavy (non-hydrogen) atoms. The molecule has 1 aromatic carbocycles. The summed E-state index contributed by atoms with van der Waals surface area (Å²) in [6.45, 7) is 2.13. The molecule has 0 aliphatic carbocycles. The van der Waals surface area contributed by atoms with E-state index in [1.54, 1.807) is 0 Å². The van der Waals surface area contributed by atoms with Crippen LogP contribution < -0.4 is 0 Å². The average molecular weight is 265 g/mol. The van der Waals surface area contributed by atoms with Crippen molar-refractivity contribution in [1.29, 1.82) is 0 Å². The Morgan fingerprint density at radius 3 is 1.37 bits per heavy atom. The molecule has 6 heteroatoms.